The molecule has 0 spiro atoms. The minimum atomic E-state index is -2.77. The van der Waals surface area contributed by atoms with Crippen LogP contribution in [0.4, 0.5) is 8.78 Å². The summed E-state index contributed by atoms with van der Waals surface area (Å²) in [5.41, 5.74) is 1.05. The van der Waals surface area contributed by atoms with Gasteiger partial charge in [0.2, 0.25) is 0 Å². The SMILES string of the molecule is CC1OCCC1CNCc1ccc(OC(F)F)cc1. The molecule has 3 nitrogen and oxygen atoms in total. The number of halogens is 2. The second-order valence-corrected chi connectivity index (χ2v) is 4.78. The van der Waals surface area contributed by atoms with Crippen molar-refractivity contribution in [2.24, 2.45) is 5.92 Å². The van der Waals surface area contributed by atoms with Crippen molar-refractivity contribution < 1.29 is 18.3 Å². The maximum Gasteiger partial charge on any atom is 0.387 e. The van der Waals surface area contributed by atoms with Gasteiger partial charge in [-0.15, -0.1) is 0 Å². The fourth-order valence-corrected chi connectivity index (χ4v) is 2.23. The molecule has 19 heavy (non-hydrogen) atoms. The van der Waals surface area contributed by atoms with Crippen molar-refractivity contribution in [1.29, 1.82) is 0 Å². The molecule has 0 amide bonds. The van der Waals surface area contributed by atoms with Crippen molar-refractivity contribution >= 4 is 0 Å². The Morgan fingerprint density at radius 2 is 2.11 bits per heavy atom. The second-order valence-electron chi connectivity index (χ2n) is 4.78. The van der Waals surface area contributed by atoms with Gasteiger partial charge in [0.25, 0.3) is 0 Å². The molecule has 5 heteroatoms. The number of benzene rings is 1. The predicted molar refractivity (Wildman–Crippen MR) is 68.3 cm³/mol. The maximum absolute atomic E-state index is 12.0. The molecule has 2 atom stereocenters. The first-order valence-electron chi connectivity index (χ1n) is 6.51. The summed E-state index contributed by atoms with van der Waals surface area (Å²) in [4.78, 5) is 0. The largest absolute Gasteiger partial charge is 0.435 e. The van der Waals surface area contributed by atoms with Crippen LogP contribution in [0.5, 0.6) is 5.75 Å². The van der Waals surface area contributed by atoms with Crippen LogP contribution in [0.25, 0.3) is 0 Å². The van der Waals surface area contributed by atoms with Gasteiger partial charge in [-0.2, -0.15) is 8.78 Å². The zero-order valence-electron chi connectivity index (χ0n) is 10.9. The van der Waals surface area contributed by atoms with E-state index in [1.165, 1.54) is 0 Å². The van der Waals surface area contributed by atoms with Gasteiger partial charge in [-0.05, 0) is 37.0 Å². The van der Waals surface area contributed by atoms with Crippen LogP contribution in [0.3, 0.4) is 0 Å². The molecule has 0 aliphatic carbocycles. The van der Waals surface area contributed by atoms with Gasteiger partial charge in [-0.3, -0.25) is 0 Å². The van der Waals surface area contributed by atoms with Crippen LogP contribution in [0.2, 0.25) is 0 Å². The van der Waals surface area contributed by atoms with Crippen molar-refractivity contribution in [2.75, 3.05) is 13.2 Å². The Balaban J connectivity index is 1.73. The first kappa shape index (κ1) is 14.2. The number of rotatable bonds is 6. The average Bonchev–Trinajstić information content (AvgIpc) is 2.77. The van der Waals surface area contributed by atoms with E-state index in [4.69, 9.17) is 4.74 Å². The molecule has 2 rings (SSSR count). The highest BCUT2D eigenvalue weighted by molar-refractivity contribution is 5.27. The molecule has 1 aromatic carbocycles. The molecule has 0 radical (unpaired) electrons. The topological polar surface area (TPSA) is 30.5 Å². The minimum absolute atomic E-state index is 0.191. The summed E-state index contributed by atoms with van der Waals surface area (Å²) < 4.78 is 33.8. The van der Waals surface area contributed by atoms with Gasteiger partial charge < -0.3 is 14.8 Å². The summed E-state index contributed by atoms with van der Waals surface area (Å²) in [5.74, 6) is 0.748. The van der Waals surface area contributed by atoms with E-state index in [9.17, 15) is 8.78 Å². The Bertz CT molecular complexity index is 384. The van der Waals surface area contributed by atoms with E-state index in [1.807, 2.05) is 0 Å². The Morgan fingerprint density at radius 3 is 2.68 bits per heavy atom. The Morgan fingerprint density at radius 1 is 1.37 bits per heavy atom. The zero-order valence-corrected chi connectivity index (χ0v) is 10.9. The third-order valence-electron chi connectivity index (χ3n) is 3.42. The van der Waals surface area contributed by atoms with Crippen LogP contribution in [0.15, 0.2) is 24.3 Å². The fourth-order valence-electron chi connectivity index (χ4n) is 2.23. The third-order valence-corrected chi connectivity index (χ3v) is 3.42. The van der Waals surface area contributed by atoms with Gasteiger partial charge >= 0.3 is 6.61 Å². The van der Waals surface area contributed by atoms with Crippen LogP contribution < -0.4 is 10.1 Å². The molecular formula is C14H19F2NO2. The van der Waals surface area contributed by atoms with Crippen molar-refractivity contribution in [3.05, 3.63) is 29.8 Å². The predicted octanol–water partition coefficient (Wildman–Crippen LogP) is 2.80. The number of ether oxygens (including phenoxy) is 2. The Hall–Kier alpha value is -1.20. The molecule has 1 saturated heterocycles. The molecule has 0 saturated carbocycles. The van der Waals surface area contributed by atoms with E-state index in [0.717, 1.165) is 31.7 Å². The van der Waals surface area contributed by atoms with E-state index < -0.39 is 6.61 Å². The van der Waals surface area contributed by atoms with E-state index in [1.54, 1.807) is 24.3 Å². The van der Waals surface area contributed by atoms with E-state index >= 15 is 0 Å². The summed E-state index contributed by atoms with van der Waals surface area (Å²) in [6, 6.07) is 6.70. The lowest BCUT2D eigenvalue weighted by Gasteiger charge is -2.14. The van der Waals surface area contributed by atoms with E-state index in [-0.39, 0.29) is 5.75 Å². The molecule has 2 unspecified atom stereocenters. The number of alkyl halides is 2. The molecular weight excluding hydrogens is 252 g/mol. The highest BCUT2D eigenvalue weighted by atomic mass is 19.3. The van der Waals surface area contributed by atoms with Gasteiger partial charge in [0.05, 0.1) is 6.10 Å². The number of hydrogen-bond acceptors (Lipinski definition) is 3. The second kappa shape index (κ2) is 6.82. The normalized spacial score (nSPS) is 22.9. The van der Waals surface area contributed by atoms with Gasteiger partial charge in [0, 0.05) is 19.7 Å². The van der Waals surface area contributed by atoms with Gasteiger partial charge in [0.1, 0.15) is 5.75 Å². The van der Waals surface area contributed by atoms with Gasteiger partial charge in [0.15, 0.2) is 0 Å². The molecule has 1 aliphatic rings. The standard InChI is InChI=1S/C14H19F2NO2/c1-10-12(6-7-18-10)9-17-8-11-2-4-13(5-3-11)19-14(15)16/h2-5,10,12,14,17H,6-9H2,1H3. The quantitative estimate of drug-likeness (QED) is 0.863. The zero-order chi connectivity index (χ0) is 13.7. The summed E-state index contributed by atoms with van der Waals surface area (Å²) in [7, 11) is 0. The summed E-state index contributed by atoms with van der Waals surface area (Å²) in [6.45, 7) is 1.80. The van der Waals surface area contributed by atoms with Crippen LogP contribution in [0, 0.1) is 5.92 Å². The van der Waals surface area contributed by atoms with Crippen LogP contribution in [-0.2, 0) is 11.3 Å². The van der Waals surface area contributed by atoms with Crippen molar-refractivity contribution in [1.82, 2.24) is 5.32 Å². The summed E-state index contributed by atoms with van der Waals surface area (Å²) in [6.07, 6.45) is 1.41. The molecule has 1 heterocycles. The Labute approximate surface area is 111 Å². The lowest BCUT2D eigenvalue weighted by molar-refractivity contribution is -0.0498. The third kappa shape index (κ3) is 4.44. The molecule has 0 bridgehead atoms. The minimum Gasteiger partial charge on any atom is -0.435 e. The van der Waals surface area contributed by atoms with Crippen LogP contribution in [-0.4, -0.2) is 25.9 Å². The maximum atomic E-state index is 12.0. The fraction of sp³-hybridized carbons (Fsp3) is 0.571. The molecule has 0 aromatic heterocycles. The van der Waals surface area contributed by atoms with Crippen molar-refractivity contribution in [3.8, 4) is 5.75 Å². The molecule has 1 aliphatic heterocycles. The number of hydrogen-bond donors (Lipinski definition) is 1. The van der Waals surface area contributed by atoms with Crippen LogP contribution >= 0.6 is 0 Å². The first-order valence-corrected chi connectivity index (χ1v) is 6.51. The summed E-state index contributed by atoms with van der Waals surface area (Å²) >= 11 is 0. The highest BCUT2D eigenvalue weighted by Crippen LogP contribution is 2.19. The lowest BCUT2D eigenvalue weighted by Crippen LogP contribution is -2.26. The molecule has 1 fully saturated rings. The lowest BCUT2D eigenvalue weighted by atomic mass is 10.0. The highest BCUT2D eigenvalue weighted by Gasteiger charge is 2.23. The first-order chi connectivity index (χ1) is 9.15. The van der Waals surface area contributed by atoms with Crippen molar-refractivity contribution in [2.45, 2.75) is 32.6 Å². The Kier molecular flexibility index (Phi) is 5.10. The van der Waals surface area contributed by atoms with E-state index in [0.29, 0.717) is 12.0 Å². The smallest absolute Gasteiger partial charge is 0.387 e. The molecule has 106 valence electrons. The van der Waals surface area contributed by atoms with Gasteiger partial charge in [-0.1, -0.05) is 12.1 Å². The van der Waals surface area contributed by atoms with Gasteiger partial charge in [-0.25, -0.2) is 0 Å². The summed E-state index contributed by atoms with van der Waals surface area (Å²) in [5, 5.41) is 3.37. The number of nitrogens with one attached hydrogen (secondary N) is 1. The van der Waals surface area contributed by atoms with Crippen LogP contribution in [0.1, 0.15) is 18.9 Å². The average molecular weight is 271 g/mol. The molecule has 1 aromatic rings. The van der Waals surface area contributed by atoms with E-state index in [2.05, 4.69) is 17.0 Å². The molecule has 1 N–H and O–H groups in total. The monoisotopic (exact) mass is 271 g/mol. The van der Waals surface area contributed by atoms with Crippen molar-refractivity contribution in [3.63, 3.8) is 0 Å².